The summed E-state index contributed by atoms with van der Waals surface area (Å²) in [5, 5.41) is 11.1. The van der Waals surface area contributed by atoms with Crippen LogP contribution in [-0.4, -0.2) is 21.3 Å². The van der Waals surface area contributed by atoms with E-state index in [1.54, 1.807) is 18.3 Å². The van der Waals surface area contributed by atoms with Crippen LogP contribution < -0.4 is 0 Å². The fourth-order valence-electron chi connectivity index (χ4n) is 2.87. The third-order valence-electron chi connectivity index (χ3n) is 3.58. The predicted octanol–water partition coefficient (Wildman–Crippen LogP) is 3.36. The van der Waals surface area contributed by atoms with E-state index in [1.165, 1.54) is 0 Å². The molecule has 0 amide bonds. The molecule has 1 aromatic heterocycles. The number of hydrogen-bond acceptors (Lipinski definition) is 3. The lowest BCUT2D eigenvalue weighted by molar-refractivity contribution is -0.0884. The Hall–Kier alpha value is -0.640. The molecule has 100 valence electrons. The van der Waals surface area contributed by atoms with Crippen LogP contribution in [0.15, 0.2) is 18.3 Å². The molecule has 0 bridgehead atoms. The average Bonchev–Trinajstić information content (AvgIpc) is 2.47. The first-order chi connectivity index (χ1) is 8.21. The van der Waals surface area contributed by atoms with Gasteiger partial charge in [-0.15, -0.1) is 0 Å². The van der Waals surface area contributed by atoms with Crippen LogP contribution in [0.2, 0.25) is 5.02 Å². The van der Waals surface area contributed by atoms with Gasteiger partial charge in [-0.25, -0.2) is 0 Å². The number of nitrogens with zero attached hydrogens (tertiary/aromatic N) is 1. The Kier molecular flexibility index (Phi) is 3.43. The van der Waals surface area contributed by atoms with Crippen molar-refractivity contribution < 1.29 is 9.84 Å². The van der Waals surface area contributed by atoms with Gasteiger partial charge in [-0.05, 0) is 46.2 Å². The van der Waals surface area contributed by atoms with Gasteiger partial charge in [0.05, 0.1) is 21.9 Å². The normalized spacial score (nSPS) is 27.1. The molecule has 2 heterocycles. The lowest BCUT2D eigenvalue weighted by Crippen LogP contribution is -2.32. The van der Waals surface area contributed by atoms with Gasteiger partial charge in [0.2, 0.25) is 0 Å². The lowest BCUT2D eigenvalue weighted by Gasteiger charge is -2.30. The van der Waals surface area contributed by atoms with E-state index in [9.17, 15) is 5.11 Å². The molecule has 2 atom stereocenters. The van der Waals surface area contributed by atoms with Gasteiger partial charge in [0.25, 0.3) is 0 Å². The summed E-state index contributed by atoms with van der Waals surface area (Å²) in [7, 11) is 0. The smallest absolute Gasteiger partial charge is 0.102 e. The summed E-state index contributed by atoms with van der Waals surface area (Å²) in [6.07, 6.45) is 1.75. The van der Waals surface area contributed by atoms with Crippen molar-refractivity contribution in [2.45, 2.75) is 51.4 Å². The fourth-order valence-corrected chi connectivity index (χ4v) is 2.98. The van der Waals surface area contributed by atoms with E-state index in [0.717, 1.165) is 6.42 Å². The van der Waals surface area contributed by atoms with Crippen LogP contribution in [-0.2, 0) is 4.74 Å². The number of ether oxygens (including phenoxy) is 1. The highest BCUT2D eigenvalue weighted by atomic mass is 35.5. The second-order valence-electron chi connectivity index (χ2n) is 6.12. The molecule has 1 aliphatic rings. The standard InChI is InChI=1S/C14H20ClNO2/c1-13(2)7-10(14(3,4)18-13)12(17)11-6-5-9(15)8-16-11/h5-6,8,10,12,17H,7H2,1-4H3. The minimum Gasteiger partial charge on any atom is -0.386 e. The third-order valence-corrected chi connectivity index (χ3v) is 3.80. The second-order valence-corrected chi connectivity index (χ2v) is 6.56. The van der Waals surface area contributed by atoms with Crippen molar-refractivity contribution in [1.82, 2.24) is 4.98 Å². The quantitative estimate of drug-likeness (QED) is 0.895. The molecule has 0 aliphatic carbocycles. The van der Waals surface area contributed by atoms with Crippen LogP contribution in [0.1, 0.15) is 45.9 Å². The summed E-state index contributed by atoms with van der Waals surface area (Å²) < 4.78 is 6.00. The fraction of sp³-hybridized carbons (Fsp3) is 0.643. The molecular weight excluding hydrogens is 250 g/mol. The molecule has 4 heteroatoms. The Morgan fingerprint density at radius 2 is 2.06 bits per heavy atom. The van der Waals surface area contributed by atoms with Crippen LogP contribution >= 0.6 is 11.6 Å². The maximum atomic E-state index is 10.5. The highest BCUT2D eigenvalue weighted by Gasteiger charge is 2.49. The maximum Gasteiger partial charge on any atom is 0.102 e. The van der Waals surface area contributed by atoms with Crippen LogP contribution in [0.4, 0.5) is 0 Å². The number of rotatable bonds is 2. The van der Waals surface area contributed by atoms with Crippen LogP contribution in [0.25, 0.3) is 0 Å². The number of hydrogen-bond donors (Lipinski definition) is 1. The van der Waals surface area contributed by atoms with Gasteiger partial charge in [0, 0.05) is 12.1 Å². The first kappa shape index (κ1) is 13.8. The van der Waals surface area contributed by atoms with Crippen molar-refractivity contribution in [3.05, 3.63) is 29.0 Å². The zero-order chi connectivity index (χ0) is 13.6. The maximum absolute atomic E-state index is 10.5. The van der Waals surface area contributed by atoms with Gasteiger partial charge in [-0.1, -0.05) is 11.6 Å². The van der Waals surface area contributed by atoms with Crippen molar-refractivity contribution in [3.63, 3.8) is 0 Å². The summed E-state index contributed by atoms with van der Waals surface area (Å²) in [5.41, 5.74) is 0.0880. The number of aliphatic hydroxyl groups is 1. The zero-order valence-electron chi connectivity index (χ0n) is 11.3. The summed E-state index contributed by atoms with van der Waals surface area (Å²) in [5.74, 6) is 0.0289. The van der Waals surface area contributed by atoms with Gasteiger partial charge in [0.15, 0.2) is 0 Å². The molecule has 0 aromatic carbocycles. The summed E-state index contributed by atoms with van der Waals surface area (Å²) in [6, 6.07) is 3.52. The predicted molar refractivity (Wildman–Crippen MR) is 71.6 cm³/mol. The monoisotopic (exact) mass is 269 g/mol. The van der Waals surface area contributed by atoms with E-state index in [0.29, 0.717) is 10.7 Å². The molecule has 1 saturated heterocycles. The molecule has 1 fully saturated rings. The Bertz CT molecular complexity index is 428. The van der Waals surface area contributed by atoms with Crippen molar-refractivity contribution in [3.8, 4) is 0 Å². The average molecular weight is 270 g/mol. The van der Waals surface area contributed by atoms with E-state index in [2.05, 4.69) is 18.8 Å². The molecule has 0 saturated carbocycles. The molecule has 0 radical (unpaired) electrons. The summed E-state index contributed by atoms with van der Waals surface area (Å²) in [6.45, 7) is 8.14. The molecule has 0 spiro atoms. The SMILES string of the molecule is CC1(C)CC(C(O)c2ccc(Cl)cn2)C(C)(C)O1. The molecule has 1 aromatic rings. The minimum absolute atomic E-state index is 0.0289. The number of aliphatic hydroxyl groups excluding tert-OH is 1. The van der Waals surface area contributed by atoms with Crippen LogP contribution in [0, 0.1) is 5.92 Å². The molecule has 2 rings (SSSR count). The number of halogens is 1. The zero-order valence-corrected chi connectivity index (χ0v) is 12.0. The van der Waals surface area contributed by atoms with Crippen LogP contribution in [0.5, 0.6) is 0 Å². The van der Waals surface area contributed by atoms with Crippen molar-refractivity contribution in [2.75, 3.05) is 0 Å². The Morgan fingerprint density at radius 3 is 2.50 bits per heavy atom. The third kappa shape index (κ3) is 2.68. The minimum atomic E-state index is -0.626. The molecular formula is C14H20ClNO2. The Balaban J connectivity index is 2.23. The Morgan fingerprint density at radius 1 is 1.39 bits per heavy atom. The molecule has 18 heavy (non-hydrogen) atoms. The summed E-state index contributed by atoms with van der Waals surface area (Å²) >= 11 is 5.81. The molecule has 1 aliphatic heterocycles. The van der Waals surface area contributed by atoms with E-state index >= 15 is 0 Å². The second kappa shape index (κ2) is 4.48. The van der Waals surface area contributed by atoms with Gasteiger partial charge in [-0.2, -0.15) is 0 Å². The van der Waals surface area contributed by atoms with E-state index < -0.39 is 6.10 Å². The highest BCUT2D eigenvalue weighted by Crippen LogP contribution is 2.47. The highest BCUT2D eigenvalue weighted by molar-refractivity contribution is 6.30. The van der Waals surface area contributed by atoms with Gasteiger partial charge in [-0.3, -0.25) is 4.98 Å². The molecule has 3 nitrogen and oxygen atoms in total. The van der Waals surface area contributed by atoms with Gasteiger partial charge in [0.1, 0.15) is 6.10 Å². The van der Waals surface area contributed by atoms with Crippen LogP contribution in [0.3, 0.4) is 0 Å². The van der Waals surface area contributed by atoms with Gasteiger partial charge < -0.3 is 9.84 Å². The topological polar surface area (TPSA) is 42.4 Å². The number of aromatic nitrogens is 1. The lowest BCUT2D eigenvalue weighted by atomic mass is 9.82. The summed E-state index contributed by atoms with van der Waals surface area (Å²) in [4.78, 5) is 4.20. The van der Waals surface area contributed by atoms with Crippen molar-refractivity contribution in [1.29, 1.82) is 0 Å². The van der Waals surface area contributed by atoms with Gasteiger partial charge >= 0.3 is 0 Å². The van der Waals surface area contributed by atoms with Crippen molar-refractivity contribution >= 4 is 11.6 Å². The Labute approximate surface area is 113 Å². The molecule has 2 unspecified atom stereocenters. The largest absolute Gasteiger partial charge is 0.386 e. The van der Waals surface area contributed by atoms with E-state index in [-0.39, 0.29) is 17.1 Å². The van der Waals surface area contributed by atoms with E-state index in [4.69, 9.17) is 16.3 Å². The van der Waals surface area contributed by atoms with Crippen molar-refractivity contribution in [2.24, 2.45) is 5.92 Å². The number of pyridine rings is 1. The first-order valence-electron chi connectivity index (χ1n) is 6.21. The molecule has 1 N–H and O–H groups in total. The van der Waals surface area contributed by atoms with E-state index in [1.807, 2.05) is 13.8 Å². The first-order valence-corrected chi connectivity index (χ1v) is 6.59.